The molecule has 1 amide bonds. The average Bonchev–Trinajstić information content (AvgIpc) is 2.67. The number of nitrogens with zero attached hydrogens (tertiary/aromatic N) is 1. The summed E-state index contributed by atoms with van der Waals surface area (Å²) in [5.41, 5.74) is 2.66. The van der Waals surface area contributed by atoms with Crippen LogP contribution in [0.15, 0.2) is 5.38 Å². The largest absolute Gasteiger partial charge is 0.466 e. The number of hydrogen-bond donors (Lipinski definition) is 1. The van der Waals surface area contributed by atoms with Crippen molar-refractivity contribution in [2.45, 2.75) is 13.3 Å². The Balaban J connectivity index is 2.57. The van der Waals surface area contributed by atoms with Gasteiger partial charge in [0.25, 0.3) is 0 Å². The van der Waals surface area contributed by atoms with E-state index in [-0.39, 0.29) is 17.4 Å². The minimum Gasteiger partial charge on any atom is -0.466 e. The molecular formula is C9H12N2O4S. The maximum atomic E-state index is 11.3. The van der Waals surface area contributed by atoms with Gasteiger partial charge in [0.05, 0.1) is 25.8 Å². The molecule has 1 N–H and O–H groups in total. The van der Waals surface area contributed by atoms with Gasteiger partial charge in [0.2, 0.25) is 0 Å². The highest BCUT2D eigenvalue weighted by molar-refractivity contribution is 7.11. The first-order valence-electron chi connectivity index (χ1n) is 4.60. The third-order valence-corrected chi connectivity index (χ3v) is 2.46. The second kappa shape index (κ2) is 6.19. The predicted octanol–water partition coefficient (Wildman–Crippen LogP) is 0.540. The Labute approximate surface area is 96.5 Å². The van der Waals surface area contributed by atoms with Crippen LogP contribution in [0.1, 0.15) is 22.4 Å². The van der Waals surface area contributed by atoms with Crippen molar-refractivity contribution in [3.63, 3.8) is 0 Å². The Kier molecular flexibility index (Phi) is 4.87. The van der Waals surface area contributed by atoms with Gasteiger partial charge in [0, 0.05) is 5.38 Å². The molecule has 1 rings (SSSR count). The third-order valence-electron chi connectivity index (χ3n) is 1.57. The molecule has 0 spiro atoms. The molecule has 16 heavy (non-hydrogen) atoms. The molecule has 1 aromatic rings. The van der Waals surface area contributed by atoms with Crippen LogP contribution < -0.4 is 5.48 Å². The van der Waals surface area contributed by atoms with Gasteiger partial charge in [-0.2, -0.15) is 0 Å². The summed E-state index contributed by atoms with van der Waals surface area (Å²) in [7, 11) is 1.34. The highest BCUT2D eigenvalue weighted by Gasteiger charge is 2.13. The maximum absolute atomic E-state index is 11.3. The predicted molar refractivity (Wildman–Crippen MR) is 56.9 cm³/mol. The first kappa shape index (κ1) is 12.6. The van der Waals surface area contributed by atoms with Crippen LogP contribution in [-0.4, -0.2) is 30.6 Å². The SMILES string of the molecule is CCOC(=O)Cc1csc(C(=O)NOC)n1. The van der Waals surface area contributed by atoms with E-state index in [1.807, 2.05) is 0 Å². The summed E-state index contributed by atoms with van der Waals surface area (Å²) in [5, 5.41) is 1.89. The second-order valence-electron chi connectivity index (χ2n) is 2.76. The molecule has 0 saturated heterocycles. The minimum atomic E-state index is -0.428. The standard InChI is InChI=1S/C9H12N2O4S/c1-3-15-7(12)4-6-5-16-9(10-6)8(13)11-14-2/h5H,3-4H2,1-2H3,(H,11,13). The summed E-state index contributed by atoms with van der Waals surface area (Å²) in [6.45, 7) is 2.07. The number of carbonyl (C=O) groups excluding carboxylic acids is 2. The van der Waals surface area contributed by atoms with E-state index in [0.717, 1.165) is 11.3 Å². The van der Waals surface area contributed by atoms with Crippen LogP contribution >= 0.6 is 11.3 Å². The summed E-state index contributed by atoms with van der Waals surface area (Å²) >= 11 is 1.15. The van der Waals surface area contributed by atoms with E-state index in [4.69, 9.17) is 4.74 Å². The zero-order chi connectivity index (χ0) is 12.0. The lowest BCUT2D eigenvalue weighted by atomic mass is 10.3. The van der Waals surface area contributed by atoms with Gasteiger partial charge >= 0.3 is 11.9 Å². The third kappa shape index (κ3) is 3.59. The van der Waals surface area contributed by atoms with Crippen LogP contribution in [0.4, 0.5) is 0 Å². The normalized spacial score (nSPS) is 9.88. The van der Waals surface area contributed by atoms with Gasteiger partial charge in [0.1, 0.15) is 0 Å². The van der Waals surface area contributed by atoms with Crippen molar-refractivity contribution in [2.75, 3.05) is 13.7 Å². The second-order valence-corrected chi connectivity index (χ2v) is 3.62. The number of nitrogens with one attached hydrogen (secondary N) is 1. The quantitative estimate of drug-likeness (QED) is 0.604. The highest BCUT2D eigenvalue weighted by Crippen LogP contribution is 2.10. The van der Waals surface area contributed by atoms with Crippen LogP contribution in [0, 0.1) is 0 Å². The summed E-state index contributed by atoms with van der Waals surface area (Å²) in [5.74, 6) is -0.783. The van der Waals surface area contributed by atoms with Gasteiger partial charge in [-0.3, -0.25) is 14.4 Å². The molecule has 0 atom stereocenters. The lowest BCUT2D eigenvalue weighted by molar-refractivity contribution is -0.142. The van der Waals surface area contributed by atoms with E-state index in [1.54, 1.807) is 12.3 Å². The molecule has 1 aromatic heterocycles. The lowest BCUT2D eigenvalue weighted by Crippen LogP contribution is -2.21. The molecular weight excluding hydrogens is 232 g/mol. The summed E-state index contributed by atoms with van der Waals surface area (Å²) in [6, 6.07) is 0. The number of amides is 1. The van der Waals surface area contributed by atoms with Gasteiger partial charge in [-0.25, -0.2) is 10.5 Å². The van der Waals surface area contributed by atoms with Crippen LogP contribution in [-0.2, 0) is 20.8 Å². The number of aromatic nitrogens is 1. The first-order chi connectivity index (χ1) is 7.67. The van der Waals surface area contributed by atoms with Crippen molar-refractivity contribution < 1.29 is 19.2 Å². The zero-order valence-corrected chi connectivity index (χ0v) is 9.80. The fourth-order valence-electron chi connectivity index (χ4n) is 0.989. The molecule has 88 valence electrons. The molecule has 0 saturated carbocycles. The van der Waals surface area contributed by atoms with E-state index in [2.05, 4.69) is 15.3 Å². The monoisotopic (exact) mass is 244 g/mol. The molecule has 1 heterocycles. The molecule has 0 fully saturated rings. The summed E-state index contributed by atoms with van der Waals surface area (Å²) in [4.78, 5) is 30.8. The Morgan fingerprint density at radius 1 is 1.56 bits per heavy atom. The topological polar surface area (TPSA) is 77.5 Å². The molecule has 0 aromatic carbocycles. The van der Waals surface area contributed by atoms with E-state index < -0.39 is 5.91 Å². The molecule has 0 aliphatic heterocycles. The Morgan fingerprint density at radius 2 is 2.31 bits per heavy atom. The smallest absolute Gasteiger partial charge is 0.311 e. The molecule has 0 radical (unpaired) electrons. The van der Waals surface area contributed by atoms with Crippen LogP contribution in [0.3, 0.4) is 0 Å². The number of carbonyl (C=O) groups is 2. The first-order valence-corrected chi connectivity index (χ1v) is 5.48. The van der Waals surface area contributed by atoms with E-state index >= 15 is 0 Å². The molecule has 0 bridgehead atoms. The van der Waals surface area contributed by atoms with Crippen molar-refractivity contribution >= 4 is 23.2 Å². The van der Waals surface area contributed by atoms with Crippen molar-refractivity contribution in [1.29, 1.82) is 0 Å². The minimum absolute atomic E-state index is 0.0740. The number of rotatable bonds is 5. The van der Waals surface area contributed by atoms with Gasteiger partial charge in [0.15, 0.2) is 5.01 Å². The maximum Gasteiger partial charge on any atom is 0.311 e. The van der Waals surface area contributed by atoms with Crippen LogP contribution in [0.2, 0.25) is 0 Å². The number of hydrogen-bond acceptors (Lipinski definition) is 6. The van der Waals surface area contributed by atoms with Crippen molar-refractivity contribution in [3.8, 4) is 0 Å². The van der Waals surface area contributed by atoms with Gasteiger partial charge in [-0.05, 0) is 6.92 Å². The zero-order valence-electron chi connectivity index (χ0n) is 8.98. The lowest BCUT2D eigenvalue weighted by Gasteiger charge is -1.98. The van der Waals surface area contributed by atoms with E-state index in [0.29, 0.717) is 12.3 Å². The molecule has 0 aliphatic rings. The number of esters is 1. The molecule has 7 heteroatoms. The fraction of sp³-hybridized carbons (Fsp3) is 0.444. The summed E-state index contributed by atoms with van der Waals surface area (Å²) in [6.07, 6.45) is 0.0740. The molecule has 6 nitrogen and oxygen atoms in total. The Hall–Kier alpha value is -1.47. The van der Waals surface area contributed by atoms with E-state index in [1.165, 1.54) is 7.11 Å². The van der Waals surface area contributed by atoms with Gasteiger partial charge in [-0.15, -0.1) is 11.3 Å². The Morgan fingerprint density at radius 3 is 2.94 bits per heavy atom. The summed E-state index contributed by atoms with van der Waals surface area (Å²) < 4.78 is 4.76. The van der Waals surface area contributed by atoms with Crippen molar-refractivity contribution in [3.05, 3.63) is 16.1 Å². The van der Waals surface area contributed by atoms with Crippen molar-refractivity contribution in [1.82, 2.24) is 10.5 Å². The number of thiazole rings is 1. The van der Waals surface area contributed by atoms with Gasteiger partial charge < -0.3 is 4.74 Å². The van der Waals surface area contributed by atoms with Gasteiger partial charge in [-0.1, -0.05) is 0 Å². The fourth-order valence-corrected chi connectivity index (χ4v) is 1.69. The number of hydroxylamine groups is 1. The molecule has 0 unspecified atom stereocenters. The highest BCUT2D eigenvalue weighted by atomic mass is 32.1. The Bertz CT molecular complexity index is 377. The van der Waals surface area contributed by atoms with E-state index in [9.17, 15) is 9.59 Å². The number of ether oxygens (including phenoxy) is 1. The van der Waals surface area contributed by atoms with Crippen LogP contribution in [0.25, 0.3) is 0 Å². The van der Waals surface area contributed by atoms with Crippen LogP contribution in [0.5, 0.6) is 0 Å². The average molecular weight is 244 g/mol. The molecule has 0 aliphatic carbocycles. The van der Waals surface area contributed by atoms with Crippen molar-refractivity contribution in [2.24, 2.45) is 0 Å².